The van der Waals surface area contributed by atoms with Crippen LogP contribution < -0.4 is 11.1 Å². The SMILES string of the molecule is Cc1ccccc1CC(CO)CNC(c1ccccc1)C(C)N. The van der Waals surface area contributed by atoms with Crippen LogP contribution in [0.1, 0.15) is 29.7 Å². The fourth-order valence-corrected chi connectivity index (χ4v) is 2.91. The van der Waals surface area contributed by atoms with E-state index in [0.29, 0.717) is 0 Å². The average Bonchev–Trinajstić information content (AvgIpc) is 2.56. The Bertz CT molecular complexity index is 583. The molecule has 0 spiro atoms. The minimum atomic E-state index is 0.00945. The van der Waals surface area contributed by atoms with Crippen LogP contribution in [0.2, 0.25) is 0 Å². The lowest BCUT2D eigenvalue weighted by Crippen LogP contribution is -2.39. The van der Waals surface area contributed by atoms with Crippen molar-refractivity contribution in [1.82, 2.24) is 5.32 Å². The number of nitrogens with two attached hydrogens (primary N) is 1. The highest BCUT2D eigenvalue weighted by Crippen LogP contribution is 2.17. The lowest BCUT2D eigenvalue weighted by atomic mass is 9.95. The quantitative estimate of drug-likeness (QED) is 0.702. The molecular formula is C20H28N2O. The first kappa shape index (κ1) is 17.7. The number of hydrogen-bond acceptors (Lipinski definition) is 3. The maximum absolute atomic E-state index is 9.73. The minimum absolute atomic E-state index is 0.00945. The summed E-state index contributed by atoms with van der Waals surface area (Å²) < 4.78 is 0. The summed E-state index contributed by atoms with van der Waals surface area (Å²) in [5.41, 5.74) is 9.91. The van der Waals surface area contributed by atoms with E-state index in [1.165, 1.54) is 16.7 Å². The van der Waals surface area contributed by atoms with Crippen LogP contribution in [0.25, 0.3) is 0 Å². The summed E-state index contributed by atoms with van der Waals surface area (Å²) in [5.74, 6) is 0.182. The number of rotatable bonds is 8. The van der Waals surface area contributed by atoms with Crippen LogP contribution in [-0.4, -0.2) is 24.3 Å². The standard InChI is InChI=1S/C20H28N2O/c1-15-8-6-7-11-19(15)12-17(14-23)13-22-20(16(2)21)18-9-4-3-5-10-18/h3-11,16-17,20,22-23H,12-14,21H2,1-2H3. The predicted molar refractivity (Wildman–Crippen MR) is 96.3 cm³/mol. The summed E-state index contributed by atoms with van der Waals surface area (Å²) in [7, 11) is 0. The summed E-state index contributed by atoms with van der Waals surface area (Å²) >= 11 is 0. The number of hydrogen-bond donors (Lipinski definition) is 3. The fourth-order valence-electron chi connectivity index (χ4n) is 2.91. The van der Waals surface area contributed by atoms with E-state index in [1.54, 1.807) is 0 Å². The summed E-state index contributed by atoms with van der Waals surface area (Å²) in [4.78, 5) is 0. The number of benzene rings is 2. The predicted octanol–water partition coefficient (Wildman–Crippen LogP) is 2.82. The number of aryl methyl sites for hydroxylation is 1. The first-order valence-electron chi connectivity index (χ1n) is 8.31. The minimum Gasteiger partial charge on any atom is -0.396 e. The first-order valence-corrected chi connectivity index (χ1v) is 8.31. The molecule has 0 heterocycles. The molecule has 2 aromatic rings. The molecule has 2 rings (SSSR count). The first-order chi connectivity index (χ1) is 11.1. The summed E-state index contributed by atoms with van der Waals surface area (Å²) in [6.45, 7) is 5.04. The Morgan fingerprint density at radius 2 is 1.70 bits per heavy atom. The zero-order chi connectivity index (χ0) is 16.7. The molecule has 0 saturated carbocycles. The Hall–Kier alpha value is -1.68. The van der Waals surface area contributed by atoms with Gasteiger partial charge in [-0.15, -0.1) is 0 Å². The van der Waals surface area contributed by atoms with Gasteiger partial charge in [0.25, 0.3) is 0 Å². The van der Waals surface area contributed by atoms with Gasteiger partial charge in [0.15, 0.2) is 0 Å². The van der Waals surface area contributed by atoms with Crippen LogP contribution >= 0.6 is 0 Å². The van der Waals surface area contributed by atoms with E-state index >= 15 is 0 Å². The van der Waals surface area contributed by atoms with Crippen LogP contribution in [0.4, 0.5) is 0 Å². The molecule has 0 radical (unpaired) electrons. The van der Waals surface area contributed by atoms with Crippen molar-refractivity contribution in [2.24, 2.45) is 11.7 Å². The van der Waals surface area contributed by atoms with Gasteiger partial charge in [-0.3, -0.25) is 0 Å². The maximum Gasteiger partial charge on any atom is 0.0474 e. The molecule has 4 N–H and O–H groups in total. The van der Waals surface area contributed by atoms with Gasteiger partial charge in [-0.05, 0) is 42.9 Å². The molecule has 3 atom stereocenters. The monoisotopic (exact) mass is 312 g/mol. The molecule has 0 aliphatic heterocycles. The van der Waals surface area contributed by atoms with Crippen molar-refractivity contribution < 1.29 is 5.11 Å². The second-order valence-electron chi connectivity index (χ2n) is 6.33. The molecule has 0 saturated heterocycles. The highest BCUT2D eigenvalue weighted by atomic mass is 16.3. The van der Waals surface area contributed by atoms with E-state index in [4.69, 9.17) is 5.73 Å². The molecule has 0 aliphatic rings. The van der Waals surface area contributed by atoms with Crippen molar-refractivity contribution in [1.29, 1.82) is 0 Å². The van der Waals surface area contributed by atoms with Crippen molar-refractivity contribution in [3.63, 3.8) is 0 Å². The van der Waals surface area contributed by atoms with E-state index in [-0.39, 0.29) is 24.6 Å². The maximum atomic E-state index is 9.73. The Balaban J connectivity index is 1.99. The van der Waals surface area contributed by atoms with Crippen molar-refractivity contribution >= 4 is 0 Å². The molecule has 3 nitrogen and oxygen atoms in total. The van der Waals surface area contributed by atoms with Gasteiger partial charge < -0.3 is 16.2 Å². The molecule has 0 bridgehead atoms. The van der Waals surface area contributed by atoms with E-state index in [1.807, 2.05) is 31.2 Å². The fraction of sp³-hybridized carbons (Fsp3) is 0.400. The molecule has 124 valence electrons. The van der Waals surface area contributed by atoms with Crippen LogP contribution in [-0.2, 0) is 6.42 Å². The van der Waals surface area contributed by atoms with Crippen molar-refractivity contribution in [2.75, 3.05) is 13.2 Å². The molecule has 3 unspecified atom stereocenters. The normalized spacial score (nSPS) is 15.1. The Labute approximate surface area is 139 Å². The van der Waals surface area contributed by atoms with E-state index in [0.717, 1.165) is 13.0 Å². The molecular weight excluding hydrogens is 284 g/mol. The third-order valence-corrected chi connectivity index (χ3v) is 4.34. The van der Waals surface area contributed by atoms with Crippen molar-refractivity contribution in [3.8, 4) is 0 Å². The topological polar surface area (TPSA) is 58.3 Å². The summed E-state index contributed by atoms with van der Waals surface area (Å²) in [6.07, 6.45) is 0.872. The zero-order valence-electron chi connectivity index (χ0n) is 14.1. The molecule has 0 fully saturated rings. The second-order valence-corrected chi connectivity index (χ2v) is 6.33. The Morgan fingerprint density at radius 1 is 1.04 bits per heavy atom. The molecule has 0 aromatic heterocycles. The Morgan fingerprint density at radius 3 is 2.30 bits per heavy atom. The molecule has 0 amide bonds. The lowest BCUT2D eigenvalue weighted by molar-refractivity contribution is 0.216. The highest BCUT2D eigenvalue weighted by molar-refractivity contribution is 5.26. The van der Waals surface area contributed by atoms with Crippen molar-refractivity contribution in [2.45, 2.75) is 32.4 Å². The van der Waals surface area contributed by atoms with Gasteiger partial charge in [-0.1, -0.05) is 54.6 Å². The van der Waals surface area contributed by atoms with Gasteiger partial charge in [0.1, 0.15) is 0 Å². The van der Waals surface area contributed by atoms with Crippen LogP contribution in [0.5, 0.6) is 0 Å². The number of aliphatic hydroxyl groups is 1. The van der Waals surface area contributed by atoms with Gasteiger partial charge in [-0.2, -0.15) is 0 Å². The van der Waals surface area contributed by atoms with Gasteiger partial charge in [0.2, 0.25) is 0 Å². The van der Waals surface area contributed by atoms with Crippen LogP contribution in [0.3, 0.4) is 0 Å². The van der Waals surface area contributed by atoms with Gasteiger partial charge in [-0.25, -0.2) is 0 Å². The van der Waals surface area contributed by atoms with E-state index < -0.39 is 0 Å². The average molecular weight is 312 g/mol. The highest BCUT2D eigenvalue weighted by Gasteiger charge is 2.18. The number of nitrogens with one attached hydrogen (secondary N) is 1. The zero-order valence-corrected chi connectivity index (χ0v) is 14.1. The third kappa shape index (κ3) is 5.17. The van der Waals surface area contributed by atoms with Gasteiger partial charge >= 0.3 is 0 Å². The number of aliphatic hydroxyl groups excluding tert-OH is 1. The van der Waals surface area contributed by atoms with Crippen molar-refractivity contribution in [3.05, 3.63) is 71.3 Å². The van der Waals surface area contributed by atoms with Gasteiger partial charge in [0, 0.05) is 25.2 Å². The van der Waals surface area contributed by atoms with Gasteiger partial charge in [0.05, 0.1) is 0 Å². The largest absolute Gasteiger partial charge is 0.396 e. The molecule has 23 heavy (non-hydrogen) atoms. The van der Waals surface area contributed by atoms with Crippen LogP contribution in [0, 0.1) is 12.8 Å². The molecule has 3 heteroatoms. The third-order valence-electron chi connectivity index (χ3n) is 4.34. The smallest absolute Gasteiger partial charge is 0.0474 e. The summed E-state index contributed by atoms with van der Waals surface area (Å²) in [6, 6.07) is 18.7. The Kier molecular flexibility index (Phi) is 6.78. The molecule has 2 aromatic carbocycles. The van der Waals surface area contributed by atoms with E-state index in [2.05, 4.69) is 42.6 Å². The molecule has 0 aliphatic carbocycles. The van der Waals surface area contributed by atoms with E-state index in [9.17, 15) is 5.11 Å². The lowest BCUT2D eigenvalue weighted by Gasteiger charge is -2.25. The second kappa shape index (κ2) is 8.82. The van der Waals surface area contributed by atoms with Crippen LogP contribution in [0.15, 0.2) is 54.6 Å². The summed E-state index contributed by atoms with van der Waals surface area (Å²) in [5, 5.41) is 13.3.